The highest BCUT2D eigenvalue weighted by Crippen LogP contribution is 2.14. The molecule has 0 bridgehead atoms. The van der Waals surface area contributed by atoms with E-state index in [4.69, 9.17) is 4.74 Å². The van der Waals surface area contributed by atoms with Crippen LogP contribution in [0.3, 0.4) is 0 Å². The third-order valence-electron chi connectivity index (χ3n) is 4.20. The molecule has 0 aliphatic heterocycles. The number of carbonyl (C=O) groups is 2. The second-order valence-electron chi connectivity index (χ2n) is 6.99. The molecule has 1 amide bonds. The van der Waals surface area contributed by atoms with E-state index in [-0.39, 0.29) is 30.4 Å². The summed E-state index contributed by atoms with van der Waals surface area (Å²) >= 11 is 1.18. The number of hydrogen-bond acceptors (Lipinski definition) is 7. The second-order valence-corrected chi connectivity index (χ2v) is 8.03. The van der Waals surface area contributed by atoms with Crippen LogP contribution in [0.2, 0.25) is 0 Å². The predicted molar refractivity (Wildman–Crippen MR) is 109 cm³/mol. The van der Waals surface area contributed by atoms with E-state index in [1.54, 1.807) is 6.92 Å². The number of benzene rings is 1. The first kappa shape index (κ1) is 20.7. The molecule has 9 heteroatoms. The van der Waals surface area contributed by atoms with Gasteiger partial charge >= 0.3 is 5.97 Å². The average Bonchev–Trinajstić information content (AvgIpc) is 3.08. The van der Waals surface area contributed by atoms with Crippen molar-refractivity contribution in [1.29, 1.82) is 0 Å². The molecular formula is C20H22N4O4S. The van der Waals surface area contributed by atoms with E-state index in [1.807, 2.05) is 44.2 Å². The van der Waals surface area contributed by atoms with Gasteiger partial charge in [-0.05, 0) is 18.4 Å². The first-order valence-corrected chi connectivity index (χ1v) is 10.0. The summed E-state index contributed by atoms with van der Waals surface area (Å²) in [6.45, 7) is 5.30. The van der Waals surface area contributed by atoms with Crippen LogP contribution in [0, 0.1) is 12.8 Å². The van der Waals surface area contributed by atoms with Gasteiger partial charge in [0.2, 0.25) is 10.9 Å². The van der Waals surface area contributed by atoms with E-state index in [2.05, 4.69) is 15.4 Å². The number of nitrogens with one attached hydrogen (secondary N) is 1. The highest BCUT2D eigenvalue weighted by molar-refractivity contribution is 7.16. The summed E-state index contributed by atoms with van der Waals surface area (Å²) in [5.74, 6) is -0.945. The summed E-state index contributed by atoms with van der Waals surface area (Å²) in [6.07, 6.45) is 0.184. The minimum Gasteiger partial charge on any atom is -0.457 e. The summed E-state index contributed by atoms with van der Waals surface area (Å²) in [7, 11) is 0. The Bertz CT molecular complexity index is 1080. The molecule has 0 spiro atoms. The van der Waals surface area contributed by atoms with Crippen molar-refractivity contribution in [3.05, 3.63) is 63.0 Å². The van der Waals surface area contributed by atoms with Crippen LogP contribution in [-0.2, 0) is 27.4 Å². The number of aromatic nitrogens is 3. The van der Waals surface area contributed by atoms with E-state index in [1.165, 1.54) is 21.9 Å². The number of hydrogen-bond donors (Lipinski definition) is 1. The molecule has 1 aromatic carbocycles. The van der Waals surface area contributed by atoms with E-state index in [0.717, 1.165) is 5.56 Å². The van der Waals surface area contributed by atoms with Gasteiger partial charge in [-0.15, -0.1) is 0 Å². The highest BCUT2D eigenvalue weighted by atomic mass is 32.1. The van der Waals surface area contributed by atoms with Crippen molar-refractivity contribution >= 4 is 28.2 Å². The Hall–Kier alpha value is -3.07. The van der Waals surface area contributed by atoms with Gasteiger partial charge in [-0.3, -0.25) is 9.59 Å². The Kier molecular flexibility index (Phi) is 6.38. The molecule has 3 rings (SSSR count). The van der Waals surface area contributed by atoms with Crippen molar-refractivity contribution in [2.75, 3.05) is 0 Å². The van der Waals surface area contributed by atoms with Gasteiger partial charge < -0.3 is 10.1 Å². The Labute approximate surface area is 171 Å². The van der Waals surface area contributed by atoms with Crippen LogP contribution >= 0.6 is 11.3 Å². The van der Waals surface area contributed by atoms with Crippen molar-refractivity contribution in [3.8, 4) is 0 Å². The quantitative estimate of drug-likeness (QED) is 0.592. The molecule has 0 radical (unpaired) electrons. The smallest absolute Gasteiger partial charge is 0.329 e. The number of carbonyl (C=O) groups excluding carboxylic acids is 2. The molecule has 3 aromatic rings. The monoisotopic (exact) mass is 414 g/mol. The topological polar surface area (TPSA) is 103 Å². The SMILES string of the molecule is Cc1cc(=O)n2nc(COC(=O)[C@@H](NC(=O)Cc3ccccc3)C(C)C)sc2n1. The fraction of sp³-hybridized carbons (Fsp3) is 0.350. The minimum absolute atomic E-state index is 0.0941. The molecule has 0 unspecified atom stereocenters. The molecule has 0 saturated heterocycles. The number of ether oxygens (including phenoxy) is 1. The zero-order valence-corrected chi connectivity index (χ0v) is 17.2. The molecule has 1 atom stereocenters. The fourth-order valence-corrected chi connectivity index (χ4v) is 3.60. The molecule has 2 heterocycles. The van der Waals surface area contributed by atoms with Crippen molar-refractivity contribution in [1.82, 2.24) is 19.9 Å². The lowest BCUT2D eigenvalue weighted by atomic mass is 10.0. The first-order chi connectivity index (χ1) is 13.8. The lowest BCUT2D eigenvalue weighted by molar-refractivity contribution is -0.150. The third-order valence-corrected chi connectivity index (χ3v) is 5.08. The highest BCUT2D eigenvalue weighted by Gasteiger charge is 2.26. The Morgan fingerprint density at radius 3 is 2.66 bits per heavy atom. The van der Waals surface area contributed by atoms with Crippen LogP contribution in [-0.4, -0.2) is 32.5 Å². The number of aryl methyl sites for hydroxylation is 1. The molecule has 152 valence electrons. The van der Waals surface area contributed by atoms with Gasteiger partial charge in [0.05, 0.1) is 6.42 Å². The van der Waals surface area contributed by atoms with Crippen LogP contribution in [0.25, 0.3) is 4.96 Å². The van der Waals surface area contributed by atoms with Crippen LogP contribution in [0.5, 0.6) is 0 Å². The first-order valence-electron chi connectivity index (χ1n) is 9.20. The van der Waals surface area contributed by atoms with Gasteiger partial charge in [0.25, 0.3) is 5.56 Å². The van der Waals surface area contributed by atoms with E-state index >= 15 is 0 Å². The molecule has 29 heavy (non-hydrogen) atoms. The van der Waals surface area contributed by atoms with Gasteiger partial charge in [-0.25, -0.2) is 9.78 Å². The number of amides is 1. The summed E-state index contributed by atoms with van der Waals surface area (Å²) in [5.41, 5.74) is 1.18. The zero-order chi connectivity index (χ0) is 21.0. The molecule has 0 aliphatic rings. The lowest BCUT2D eigenvalue weighted by Gasteiger charge is -2.20. The maximum Gasteiger partial charge on any atom is 0.329 e. The molecule has 8 nitrogen and oxygen atoms in total. The largest absolute Gasteiger partial charge is 0.457 e. The van der Waals surface area contributed by atoms with Crippen LogP contribution in [0.15, 0.2) is 41.2 Å². The van der Waals surface area contributed by atoms with Crippen molar-refractivity contribution in [2.45, 2.75) is 39.8 Å². The Balaban J connectivity index is 1.63. The fourth-order valence-electron chi connectivity index (χ4n) is 2.74. The van der Waals surface area contributed by atoms with Gasteiger partial charge in [-0.2, -0.15) is 9.61 Å². The molecule has 0 saturated carbocycles. The van der Waals surface area contributed by atoms with E-state index in [9.17, 15) is 14.4 Å². The van der Waals surface area contributed by atoms with Crippen molar-refractivity contribution in [3.63, 3.8) is 0 Å². The van der Waals surface area contributed by atoms with Crippen LogP contribution < -0.4 is 10.9 Å². The van der Waals surface area contributed by atoms with Crippen molar-refractivity contribution in [2.24, 2.45) is 5.92 Å². The maximum atomic E-state index is 12.5. The standard InChI is InChI=1S/C20H22N4O4S/c1-12(2)18(22-15(25)10-14-7-5-4-6-8-14)19(27)28-11-16-23-24-17(26)9-13(3)21-20(24)29-16/h4-9,12,18H,10-11H2,1-3H3,(H,22,25)/t18-/m0/s1. The van der Waals surface area contributed by atoms with E-state index in [0.29, 0.717) is 15.7 Å². The van der Waals surface area contributed by atoms with Gasteiger partial charge in [-0.1, -0.05) is 55.5 Å². The van der Waals surface area contributed by atoms with Gasteiger partial charge in [0, 0.05) is 11.8 Å². The summed E-state index contributed by atoms with van der Waals surface area (Å²) < 4.78 is 6.54. The number of rotatable bonds is 7. The number of nitrogens with zero attached hydrogens (tertiary/aromatic N) is 3. The molecule has 1 N–H and O–H groups in total. The van der Waals surface area contributed by atoms with Crippen LogP contribution in [0.4, 0.5) is 0 Å². The normalized spacial score (nSPS) is 12.1. The molecular weight excluding hydrogens is 392 g/mol. The van der Waals surface area contributed by atoms with E-state index < -0.39 is 12.0 Å². The molecule has 2 aromatic heterocycles. The van der Waals surface area contributed by atoms with Crippen molar-refractivity contribution < 1.29 is 14.3 Å². The lowest BCUT2D eigenvalue weighted by Crippen LogP contribution is -2.45. The Morgan fingerprint density at radius 1 is 1.24 bits per heavy atom. The summed E-state index contributed by atoms with van der Waals surface area (Å²) in [6, 6.07) is 9.92. The molecule has 0 fully saturated rings. The number of fused-ring (bicyclic) bond motifs is 1. The average molecular weight is 414 g/mol. The summed E-state index contributed by atoms with van der Waals surface area (Å²) in [5, 5.41) is 7.34. The Morgan fingerprint density at radius 2 is 1.97 bits per heavy atom. The zero-order valence-electron chi connectivity index (χ0n) is 16.4. The minimum atomic E-state index is -0.774. The third kappa shape index (κ3) is 5.26. The molecule has 0 aliphatic carbocycles. The maximum absolute atomic E-state index is 12.5. The second kappa shape index (κ2) is 8.95. The van der Waals surface area contributed by atoms with Gasteiger partial charge in [0.15, 0.2) is 5.01 Å². The predicted octanol–water partition coefficient (Wildman–Crippen LogP) is 1.89. The van der Waals surface area contributed by atoms with Crippen LogP contribution in [0.1, 0.15) is 30.1 Å². The number of esters is 1. The summed E-state index contributed by atoms with van der Waals surface area (Å²) in [4.78, 5) is 41.5. The van der Waals surface area contributed by atoms with Gasteiger partial charge in [0.1, 0.15) is 12.6 Å².